The molecule has 1 N–H and O–H groups in total. The molecule has 2 aliphatic rings. The molecule has 0 radical (unpaired) electrons. The van der Waals surface area contributed by atoms with Crippen LogP contribution in [-0.2, 0) is 11.1 Å². The van der Waals surface area contributed by atoms with Crippen LogP contribution in [0.25, 0.3) is 0 Å². The lowest BCUT2D eigenvalue weighted by atomic mass is 9.79. The number of carbonyl (C=O) groups excluding carboxylic acids is 1. The molecule has 1 aromatic rings. The molecule has 0 atom stereocenters. The van der Waals surface area contributed by atoms with E-state index in [-0.39, 0.29) is 16.9 Å². The number of nitrogens with one attached hydrogen (secondary N) is 1. The fourth-order valence-corrected chi connectivity index (χ4v) is 4.20. The van der Waals surface area contributed by atoms with Gasteiger partial charge in [-0.15, -0.1) is 0 Å². The van der Waals surface area contributed by atoms with Crippen LogP contribution in [0.3, 0.4) is 0 Å². The van der Waals surface area contributed by atoms with Gasteiger partial charge < -0.3 is 9.88 Å². The van der Waals surface area contributed by atoms with Crippen LogP contribution in [0, 0.1) is 0 Å². The average molecular weight is 275 g/mol. The molecule has 0 aliphatic carbocycles. The van der Waals surface area contributed by atoms with Gasteiger partial charge in [0.15, 0.2) is 5.78 Å². The fourth-order valence-electron chi connectivity index (χ4n) is 4.20. The highest BCUT2D eigenvalue weighted by Crippen LogP contribution is 2.44. The summed E-state index contributed by atoms with van der Waals surface area (Å²) in [6.07, 6.45) is 2.22. The normalized spacial score (nSPS) is 24.6. The highest BCUT2D eigenvalue weighted by atomic mass is 16.1. The second-order valence-corrected chi connectivity index (χ2v) is 6.95. The molecule has 1 saturated heterocycles. The Morgan fingerprint density at radius 3 is 2.50 bits per heavy atom. The maximum atomic E-state index is 12.0. The zero-order chi connectivity index (χ0) is 14.5. The molecule has 0 saturated carbocycles. The van der Waals surface area contributed by atoms with Crippen LogP contribution < -0.4 is 5.32 Å². The predicted molar refractivity (Wildman–Crippen MR) is 80.2 cm³/mol. The maximum absolute atomic E-state index is 12.0. The Labute approximate surface area is 121 Å². The van der Waals surface area contributed by atoms with E-state index in [1.165, 1.54) is 5.69 Å². The number of hydrogen-bond acceptors (Lipinski definition) is 3. The first kappa shape index (κ1) is 13.8. The van der Waals surface area contributed by atoms with Gasteiger partial charge in [-0.2, -0.15) is 0 Å². The molecule has 3 heterocycles. The topological polar surface area (TPSA) is 37.3 Å². The van der Waals surface area contributed by atoms with Gasteiger partial charge in [-0.1, -0.05) is 0 Å². The number of likely N-dealkylation sites (N-methyl/N-ethyl adjacent to an activating group) is 1. The van der Waals surface area contributed by atoms with Gasteiger partial charge in [-0.3, -0.25) is 9.69 Å². The molecule has 3 rings (SSSR count). The largest absolute Gasteiger partial charge is 0.334 e. The minimum Gasteiger partial charge on any atom is -0.334 e. The Morgan fingerprint density at radius 2 is 1.90 bits per heavy atom. The Balaban J connectivity index is 2.20. The molecule has 1 fully saturated rings. The van der Waals surface area contributed by atoms with Gasteiger partial charge in [0.1, 0.15) is 0 Å². The van der Waals surface area contributed by atoms with Crippen LogP contribution in [0.15, 0.2) is 12.1 Å². The number of rotatable bonds is 1. The van der Waals surface area contributed by atoms with Crippen molar-refractivity contribution in [2.45, 2.75) is 44.7 Å². The van der Waals surface area contributed by atoms with E-state index in [9.17, 15) is 4.79 Å². The first-order chi connectivity index (χ1) is 9.38. The molecule has 4 heteroatoms. The molecule has 20 heavy (non-hydrogen) atoms. The van der Waals surface area contributed by atoms with Crippen LogP contribution in [-0.4, -0.2) is 41.9 Å². The van der Waals surface area contributed by atoms with Crippen LogP contribution in [0.1, 0.15) is 49.8 Å². The first-order valence-electron chi connectivity index (χ1n) is 7.54. The Bertz CT molecular complexity index is 538. The Morgan fingerprint density at radius 1 is 1.25 bits per heavy atom. The van der Waals surface area contributed by atoms with Crippen molar-refractivity contribution >= 4 is 5.78 Å². The Hall–Kier alpha value is -1.13. The minimum absolute atomic E-state index is 0.0370. The van der Waals surface area contributed by atoms with Crippen molar-refractivity contribution in [3.05, 3.63) is 23.5 Å². The molecule has 0 bridgehead atoms. The summed E-state index contributed by atoms with van der Waals surface area (Å²) in [6, 6.07) is 4.20. The van der Waals surface area contributed by atoms with Crippen LogP contribution in [0.2, 0.25) is 0 Å². The summed E-state index contributed by atoms with van der Waals surface area (Å²) in [5.41, 5.74) is 2.23. The number of carbonyl (C=O) groups is 1. The van der Waals surface area contributed by atoms with E-state index in [1.54, 1.807) is 6.92 Å². The molecular formula is C16H25N3O. The fraction of sp³-hybridized carbons (Fsp3) is 0.688. The van der Waals surface area contributed by atoms with E-state index in [0.29, 0.717) is 0 Å². The van der Waals surface area contributed by atoms with Gasteiger partial charge in [0.25, 0.3) is 0 Å². The number of hydrogen-bond donors (Lipinski definition) is 1. The molecule has 0 unspecified atom stereocenters. The van der Waals surface area contributed by atoms with E-state index < -0.39 is 0 Å². The van der Waals surface area contributed by atoms with Gasteiger partial charge in [-0.05, 0) is 59.0 Å². The lowest BCUT2D eigenvalue weighted by Crippen LogP contribution is -2.60. The van der Waals surface area contributed by atoms with Crippen molar-refractivity contribution in [1.29, 1.82) is 0 Å². The van der Waals surface area contributed by atoms with Crippen LogP contribution in [0.5, 0.6) is 0 Å². The van der Waals surface area contributed by atoms with Crippen molar-refractivity contribution in [1.82, 2.24) is 14.8 Å². The lowest BCUT2D eigenvalue weighted by Gasteiger charge is -2.54. The highest BCUT2D eigenvalue weighted by Gasteiger charge is 2.48. The third kappa shape index (κ3) is 1.78. The summed E-state index contributed by atoms with van der Waals surface area (Å²) in [7, 11) is 2.23. The summed E-state index contributed by atoms with van der Waals surface area (Å²) in [5.74, 6) is 0.165. The van der Waals surface area contributed by atoms with Gasteiger partial charge >= 0.3 is 0 Å². The standard InChI is InChI=1S/C16H25N3O/c1-12(20)13-5-6-14-16(7-9-17-10-8-16)18(4)11-15(2,3)19(13)14/h5-6,17H,7-11H2,1-4H3. The zero-order valence-corrected chi connectivity index (χ0v) is 13.0. The van der Waals surface area contributed by atoms with E-state index >= 15 is 0 Å². The van der Waals surface area contributed by atoms with Gasteiger partial charge in [0.05, 0.1) is 16.8 Å². The minimum atomic E-state index is -0.0370. The van der Waals surface area contributed by atoms with Crippen LogP contribution >= 0.6 is 0 Å². The SMILES string of the molecule is CC(=O)c1ccc2n1C(C)(C)CN(C)C21CCNCC1. The first-order valence-corrected chi connectivity index (χ1v) is 7.54. The summed E-state index contributed by atoms with van der Waals surface area (Å²) < 4.78 is 2.31. The lowest BCUT2D eigenvalue weighted by molar-refractivity contribution is 0.00685. The number of ketones is 1. The predicted octanol–water partition coefficient (Wildman–Crippen LogP) is 1.95. The number of aromatic nitrogens is 1. The van der Waals surface area contributed by atoms with Gasteiger partial charge in [0.2, 0.25) is 0 Å². The molecule has 0 aromatic carbocycles. The molecule has 1 spiro atoms. The summed E-state index contributed by atoms with van der Waals surface area (Å²) in [4.78, 5) is 14.5. The van der Waals surface area contributed by atoms with E-state index in [0.717, 1.165) is 38.2 Å². The highest BCUT2D eigenvalue weighted by molar-refractivity contribution is 5.93. The molecule has 110 valence electrons. The summed E-state index contributed by atoms with van der Waals surface area (Å²) in [5, 5.41) is 3.46. The monoisotopic (exact) mass is 275 g/mol. The smallest absolute Gasteiger partial charge is 0.176 e. The van der Waals surface area contributed by atoms with Crippen molar-refractivity contribution in [3.63, 3.8) is 0 Å². The quantitative estimate of drug-likeness (QED) is 0.796. The van der Waals surface area contributed by atoms with Crippen molar-refractivity contribution in [2.24, 2.45) is 0 Å². The van der Waals surface area contributed by atoms with E-state index in [2.05, 4.69) is 41.7 Å². The molecule has 2 aliphatic heterocycles. The molecule has 1 aromatic heterocycles. The molecular weight excluding hydrogens is 250 g/mol. The second kappa shape index (κ2) is 4.43. The molecule has 4 nitrogen and oxygen atoms in total. The number of Topliss-reactive ketones (excluding diaryl/α,β-unsaturated/α-hetero) is 1. The number of nitrogens with zero attached hydrogens (tertiary/aromatic N) is 2. The second-order valence-electron chi connectivity index (χ2n) is 6.95. The third-order valence-corrected chi connectivity index (χ3v) is 5.11. The van der Waals surface area contributed by atoms with Gasteiger partial charge in [0, 0.05) is 19.2 Å². The van der Waals surface area contributed by atoms with Crippen LogP contribution in [0.4, 0.5) is 0 Å². The third-order valence-electron chi connectivity index (χ3n) is 5.11. The summed E-state index contributed by atoms with van der Waals surface area (Å²) in [6.45, 7) is 9.21. The summed E-state index contributed by atoms with van der Waals surface area (Å²) >= 11 is 0. The van der Waals surface area contributed by atoms with Crippen molar-refractivity contribution in [2.75, 3.05) is 26.7 Å². The van der Waals surface area contributed by atoms with Crippen molar-refractivity contribution in [3.8, 4) is 0 Å². The van der Waals surface area contributed by atoms with Gasteiger partial charge in [-0.25, -0.2) is 0 Å². The maximum Gasteiger partial charge on any atom is 0.176 e. The number of piperidine rings is 1. The van der Waals surface area contributed by atoms with Crippen molar-refractivity contribution < 1.29 is 4.79 Å². The van der Waals surface area contributed by atoms with E-state index in [1.807, 2.05) is 6.07 Å². The number of fused-ring (bicyclic) bond motifs is 2. The average Bonchev–Trinajstić information content (AvgIpc) is 2.84. The molecule has 0 amide bonds. The Kier molecular flexibility index (Phi) is 3.07. The zero-order valence-electron chi connectivity index (χ0n) is 13.0. The van der Waals surface area contributed by atoms with E-state index in [4.69, 9.17) is 0 Å².